The molecule has 0 radical (unpaired) electrons. The summed E-state index contributed by atoms with van der Waals surface area (Å²) in [5.74, 6) is 5.49. The largest absolute Gasteiger partial charge is 0.395 e. The molecule has 0 spiro atoms. The molecule has 21 heavy (non-hydrogen) atoms. The second-order valence-electron chi connectivity index (χ2n) is 5.69. The van der Waals surface area contributed by atoms with Crippen molar-refractivity contribution in [3.8, 4) is 11.8 Å². The Kier molecular flexibility index (Phi) is 5.75. The summed E-state index contributed by atoms with van der Waals surface area (Å²) in [6.07, 6.45) is 0.418. The van der Waals surface area contributed by atoms with Crippen LogP contribution in [0, 0.1) is 17.7 Å². The fraction of sp³-hybridized carbons (Fsp3) is 0.529. The van der Waals surface area contributed by atoms with Crippen LogP contribution in [0.1, 0.15) is 24.5 Å². The fourth-order valence-corrected chi connectivity index (χ4v) is 2.56. The summed E-state index contributed by atoms with van der Waals surface area (Å²) >= 11 is 0. The van der Waals surface area contributed by atoms with Crippen molar-refractivity contribution in [1.29, 1.82) is 0 Å². The van der Waals surface area contributed by atoms with Gasteiger partial charge in [0.15, 0.2) is 0 Å². The minimum atomic E-state index is -0.247. The Labute approximate surface area is 126 Å². The molecule has 1 N–H and O–H groups in total. The zero-order valence-corrected chi connectivity index (χ0v) is 12.8. The standard InChI is InChI=1S/C17H23FN2O/c1-14-12-20(7-6-19(14)2)13-16-9-15(5-3-4-8-21)10-17(18)11-16/h9-11,14,21H,4,6-8,12-13H2,1-2H3. The minimum absolute atomic E-state index is 0.0361. The van der Waals surface area contributed by atoms with E-state index in [-0.39, 0.29) is 12.4 Å². The predicted octanol–water partition coefficient (Wildman–Crippen LogP) is 1.70. The molecule has 0 bridgehead atoms. The molecule has 4 heteroatoms. The van der Waals surface area contributed by atoms with Gasteiger partial charge < -0.3 is 10.0 Å². The van der Waals surface area contributed by atoms with Crippen molar-refractivity contribution in [1.82, 2.24) is 9.80 Å². The molecule has 1 aromatic rings. The van der Waals surface area contributed by atoms with Gasteiger partial charge in [-0.1, -0.05) is 11.8 Å². The monoisotopic (exact) mass is 290 g/mol. The van der Waals surface area contributed by atoms with Gasteiger partial charge in [0.05, 0.1) is 6.61 Å². The third-order valence-electron chi connectivity index (χ3n) is 3.88. The molecule has 3 nitrogen and oxygen atoms in total. The molecule has 1 unspecified atom stereocenters. The van der Waals surface area contributed by atoms with Crippen LogP contribution in [-0.4, -0.2) is 54.2 Å². The number of hydrogen-bond acceptors (Lipinski definition) is 3. The average Bonchev–Trinajstić information content (AvgIpc) is 2.43. The van der Waals surface area contributed by atoms with Crippen molar-refractivity contribution in [2.75, 3.05) is 33.3 Å². The summed E-state index contributed by atoms with van der Waals surface area (Å²) < 4.78 is 13.7. The molecule has 1 fully saturated rings. The van der Waals surface area contributed by atoms with Gasteiger partial charge in [0.25, 0.3) is 0 Å². The summed E-state index contributed by atoms with van der Waals surface area (Å²) in [4.78, 5) is 4.69. The van der Waals surface area contributed by atoms with E-state index >= 15 is 0 Å². The van der Waals surface area contributed by atoms with Crippen LogP contribution >= 0.6 is 0 Å². The molecular formula is C17H23FN2O. The summed E-state index contributed by atoms with van der Waals surface area (Å²) in [5, 5.41) is 8.73. The molecule has 2 rings (SSSR count). The van der Waals surface area contributed by atoms with E-state index in [0.717, 1.165) is 31.7 Å². The van der Waals surface area contributed by atoms with Gasteiger partial charge in [-0.15, -0.1) is 0 Å². The normalized spacial score (nSPS) is 20.1. The number of rotatable bonds is 3. The summed E-state index contributed by atoms with van der Waals surface area (Å²) in [6, 6.07) is 5.49. The molecule has 1 heterocycles. The van der Waals surface area contributed by atoms with Gasteiger partial charge in [-0.05, 0) is 37.7 Å². The zero-order valence-electron chi connectivity index (χ0n) is 12.8. The molecule has 1 aromatic carbocycles. The number of aliphatic hydroxyl groups is 1. The van der Waals surface area contributed by atoms with E-state index in [4.69, 9.17) is 5.11 Å². The Balaban J connectivity index is 2.05. The predicted molar refractivity (Wildman–Crippen MR) is 82.3 cm³/mol. The highest BCUT2D eigenvalue weighted by Crippen LogP contribution is 2.14. The minimum Gasteiger partial charge on any atom is -0.395 e. The van der Waals surface area contributed by atoms with Gasteiger partial charge in [-0.25, -0.2) is 4.39 Å². The lowest BCUT2D eigenvalue weighted by molar-refractivity contribution is 0.0999. The van der Waals surface area contributed by atoms with E-state index < -0.39 is 0 Å². The van der Waals surface area contributed by atoms with Gasteiger partial charge in [0.1, 0.15) is 5.82 Å². The number of hydrogen-bond donors (Lipinski definition) is 1. The molecular weight excluding hydrogens is 267 g/mol. The van der Waals surface area contributed by atoms with E-state index in [1.807, 2.05) is 6.07 Å². The van der Waals surface area contributed by atoms with Gasteiger partial charge in [-0.2, -0.15) is 0 Å². The maximum Gasteiger partial charge on any atom is 0.124 e. The number of likely N-dealkylation sites (N-methyl/N-ethyl adjacent to an activating group) is 1. The smallest absolute Gasteiger partial charge is 0.124 e. The van der Waals surface area contributed by atoms with Crippen LogP contribution in [0.15, 0.2) is 18.2 Å². The molecule has 1 atom stereocenters. The highest BCUT2D eigenvalue weighted by atomic mass is 19.1. The van der Waals surface area contributed by atoms with Crippen molar-refractivity contribution in [3.63, 3.8) is 0 Å². The highest BCUT2D eigenvalue weighted by molar-refractivity contribution is 5.37. The lowest BCUT2D eigenvalue weighted by Gasteiger charge is -2.37. The van der Waals surface area contributed by atoms with Crippen molar-refractivity contribution in [3.05, 3.63) is 35.1 Å². The molecule has 1 aliphatic heterocycles. The van der Waals surface area contributed by atoms with Crippen LogP contribution in [0.3, 0.4) is 0 Å². The Hall–Kier alpha value is -1.41. The Morgan fingerprint density at radius 1 is 1.33 bits per heavy atom. The van der Waals surface area contributed by atoms with Gasteiger partial charge in [-0.3, -0.25) is 4.90 Å². The third kappa shape index (κ3) is 4.82. The first-order valence-corrected chi connectivity index (χ1v) is 7.40. The van der Waals surface area contributed by atoms with E-state index in [9.17, 15) is 4.39 Å². The molecule has 114 valence electrons. The fourth-order valence-electron chi connectivity index (χ4n) is 2.56. The van der Waals surface area contributed by atoms with Crippen molar-refractivity contribution >= 4 is 0 Å². The lowest BCUT2D eigenvalue weighted by Crippen LogP contribution is -2.49. The first-order chi connectivity index (χ1) is 10.1. The molecule has 0 saturated carbocycles. The third-order valence-corrected chi connectivity index (χ3v) is 3.88. The molecule has 0 aliphatic carbocycles. The van der Waals surface area contributed by atoms with E-state index in [2.05, 4.69) is 35.6 Å². The van der Waals surface area contributed by atoms with Gasteiger partial charge >= 0.3 is 0 Å². The van der Waals surface area contributed by atoms with Gasteiger partial charge in [0, 0.05) is 44.2 Å². The van der Waals surface area contributed by atoms with Crippen molar-refractivity contribution < 1.29 is 9.50 Å². The summed E-state index contributed by atoms with van der Waals surface area (Å²) in [7, 11) is 2.14. The number of piperazine rings is 1. The first kappa shape index (κ1) is 16.0. The van der Waals surface area contributed by atoms with Crippen molar-refractivity contribution in [2.24, 2.45) is 0 Å². The van der Waals surface area contributed by atoms with Gasteiger partial charge in [0.2, 0.25) is 0 Å². The Morgan fingerprint density at radius 2 is 2.14 bits per heavy atom. The molecule has 1 aliphatic rings. The number of benzene rings is 1. The van der Waals surface area contributed by atoms with Crippen LogP contribution in [-0.2, 0) is 6.54 Å². The van der Waals surface area contributed by atoms with Crippen LogP contribution in [0.4, 0.5) is 4.39 Å². The van der Waals surface area contributed by atoms with Crippen LogP contribution in [0.25, 0.3) is 0 Å². The zero-order chi connectivity index (χ0) is 15.2. The van der Waals surface area contributed by atoms with Crippen LogP contribution < -0.4 is 0 Å². The SMILES string of the molecule is CC1CN(Cc2cc(F)cc(C#CCCO)c2)CCN1C. The second kappa shape index (κ2) is 7.56. The van der Waals surface area contributed by atoms with Crippen LogP contribution in [0.2, 0.25) is 0 Å². The Morgan fingerprint density at radius 3 is 2.86 bits per heavy atom. The maximum absolute atomic E-state index is 13.7. The highest BCUT2D eigenvalue weighted by Gasteiger charge is 2.20. The summed E-state index contributed by atoms with van der Waals surface area (Å²) in [6.45, 7) is 6.05. The average molecular weight is 290 g/mol. The first-order valence-electron chi connectivity index (χ1n) is 7.40. The van der Waals surface area contributed by atoms with E-state index in [1.54, 1.807) is 6.07 Å². The maximum atomic E-state index is 13.7. The number of halogens is 1. The Bertz CT molecular complexity index is 535. The molecule has 0 amide bonds. The second-order valence-corrected chi connectivity index (χ2v) is 5.69. The van der Waals surface area contributed by atoms with E-state index in [1.165, 1.54) is 6.07 Å². The summed E-state index contributed by atoms with van der Waals surface area (Å²) in [5.41, 5.74) is 1.64. The molecule has 1 saturated heterocycles. The molecule has 0 aromatic heterocycles. The topological polar surface area (TPSA) is 26.7 Å². The number of aliphatic hydroxyl groups excluding tert-OH is 1. The van der Waals surface area contributed by atoms with Crippen LogP contribution in [0.5, 0.6) is 0 Å². The van der Waals surface area contributed by atoms with E-state index in [0.29, 0.717) is 18.0 Å². The van der Waals surface area contributed by atoms with Crippen molar-refractivity contribution in [2.45, 2.75) is 25.9 Å². The lowest BCUT2D eigenvalue weighted by atomic mass is 10.1. The quantitative estimate of drug-likeness (QED) is 0.858. The number of nitrogens with zero attached hydrogens (tertiary/aromatic N) is 2.